The topological polar surface area (TPSA) is 12.4 Å². The Morgan fingerprint density at radius 2 is 1.85 bits per heavy atom. The monoisotopic (exact) mass is 305 g/mol. The van der Waals surface area contributed by atoms with Gasteiger partial charge in [-0.05, 0) is 43.5 Å². The molecule has 1 unspecified atom stereocenters. The molecule has 0 saturated heterocycles. The zero-order chi connectivity index (χ0) is 14.7. The maximum absolute atomic E-state index is 6.22. The summed E-state index contributed by atoms with van der Waals surface area (Å²) in [6.07, 6.45) is 1.91. The quantitative estimate of drug-likeness (QED) is 0.636. The van der Waals surface area contributed by atoms with Gasteiger partial charge >= 0.3 is 0 Å². The van der Waals surface area contributed by atoms with Gasteiger partial charge in [0.05, 0.1) is 16.1 Å². The van der Waals surface area contributed by atoms with E-state index in [0.717, 1.165) is 11.1 Å². The first-order valence-electron chi connectivity index (χ1n) is 6.53. The van der Waals surface area contributed by atoms with Crippen LogP contribution in [0.4, 0.5) is 0 Å². The van der Waals surface area contributed by atoms with Crippen molar-refractivity contribution >= 4 is 29.4 Å². The molecule has 2 aromatic rings. The van der Waals surface area contributed by atoms with Crippen molar-refractivity contribution in [2.45, 2.75) is 26.8 Å². The van der Waals surface area contributed by atoms with Gasteiger partial charge in [0.15, 0.2) is 0 Å². The van der Waals surface area contributed by atoms with E-state index in [1.807, 2.05) is 25.3 Å². The maximum Gasteiger partial charge on any atom is 0.0736 e. The summed E-state index contributed by atoms with van der Waals surface area (Å²) in [6, 6.07) is 11.9. The number of aliphatic imine (C=N–C) groups is 1. The van der Waals surface area contributed by atoms with Crippen molar-refractivity contribution in [3.8, 4) is 0 Å². The minimum atomic E-state index is -0.0267. The molecule has 2 rings (SSSR count). The summed E-state index contributed by atoms with van der Waals surface area (Å²) in [7, 11) is 0. The summed E-state index contributed by atoms with van der Waals surface area (Å²) in [4.78, 5) is 4.60. The highest BCUT2D eigenvalue weighted by atomic mass is 35.5. The summed E-state index contributed by atoms with van der Waals surface area (Å²) >= 11 is 12.3. The van der Waals surface area contributed by atoms with Crippen molar-refractivity contribution in [3.05, 3.63) is 68.7 Å². The lowest BCUT2D eigenvalue weighted by molar-refractivity contribution is 0.825. The molecule has 0 radical (unpaired) electrons. The van der Waals surface area contributed by atoms with Gasteiger partial charge in [-0.25, -0.2) is 0 Å². The number of hydrogen-bond acceptors (Lipinski definition) is 1. The second-order valence-corrected chi connectivity index (χ2v) is 5.74. The molecule has 0 saturated carbocycles. The number of nitrogens with zero attached hydrogens (tertiary/aromatic N) is 1. The average Bonchev–Trinajstić information content (AvgIpc) is 2.42. The molecule has 0 aromatic heterocycles. The van der Waals surface area contributed by atoms with Gasteiger partial charge in [0.2, 0.25) is 0 Å². The van der Waals surface area contributed by atoms with Crippen LogP contribution in [0, 0.1) is 13.8 Å². The van der Waals surface area contributed by atoms with Crippen molar-refractivity contribution < 1.29 is 0 Å². The van der Waals surface area contributed by atoms with Crippen LogP contribution in [0.3, 0.4) is 0 Å². The molecule has 20 heavy (non-hydrogen) atoms. The van der Waals surface area contributed by atoms with E-state index in [4.69, 9.17) is 23.2 Å². The van der Waals surface area contributed by atoms with Crippen LogP contribution in [0.15, 0.2) is 41.4 Å². The lowest BCUT2D eigenvalue weighted by Crippen LogP contribution is -1.94. The van der Waals surface area contributed by atoms with Gasteiger partial charge in [-0.1, -0.05) is 59.1 Å². The predicted octanol–water partition coefficient (Wildman–Crippen LogP) is 5.79. The highest BCUT2D eigenvalue weighted by molar-refractivity contribution is 6.42. The lowest BCUT2D eigenvalue weighted by Gasteiger charge is -2.10. The average molecular weight is 306 g/mol. The van der Waals surface area contributed by atoms with E-state index in [0.29, 0.717) is 10.0 Å². The van der Waals surface area contributed by atoms with Crippen molar-refractivity contribution in [3.63, 3.8) is 0 Å². The van der Waals surface area contributed by atoms with Crippen LogP contribution < -0.4 is 0 Å². The Labute approximate surface area is 130 Å². The smallest absolute Gasteiger partial charge is 0.0736 e. The lowest BCUT2D eigenvalue weighted by atomic mass is 10.1. The van der Waals surface area contributed by atoms with Crippen molar-refractivity contribution in [2.75, 3.05) is 0 Å². The number of aryl methyl sites for hydroxylation is 2. The Morgan fingerprint density at radius 1 is 1.10 bits per heavy atom. The van der Waals surface area contributed by atoms with Gasteiger partial charge in [-0.15, -0.1) is 0 Å². The molecule has 1 atom stereocenters. The summed E-state index contributed by atoms with van der Waals surface area (Å²) in [6.45, 7) is 6.17. The van der Waals surface area contributed by atoms with E-state index < -0.39 is 0 Å². The molecule has 104 valence electrons. The van der Waals surface area contributed by atoms with Crippen LogP contribution in [-0.4, -0.2) is 6.21 Å². The molecule has 1 nitrogen and oxygen atoms in total. The van der Waals surface area contributed by atoms with Crippen molar-refractivity contribution in [1.29, 1.82) is 0 Å². The molecule has 0 aliphatic rings. The first kappa shape index (κ1) is 15.1. The summed E-state index contributed by atoms with van der Waals surface area (Å²) in [5.74, 6) is 0. The third-order valence-electron chi connectivity index (χ3n) is 3.30. The SMILES string of the molecule is Cc1ccc(C)c(C=NC(C)c2cccc(Cl)c2Cl)c1. The fourth-order valence-electron chi connectivity index (χ4n) is 2.01. The zero-order valence-corrected chi connectivity index (χ0v) is 13.3. The number of hydrogen-bond donors (Lipinski definition) is 0. The molecule has 0 aliphatic carbocycles. The molecule has 0 N–H and O–H groups in total. The maximum atomic E-state index is 6.22. The second-order valence-electron chi connectivity index (χ2n) is 4.96. The van der Waals surface area contributed by atoms with Gasteiger partial charge in [0.25, 0.3) is 0 Å². The van der Waals surface area contributed by atoms with Crippen LogP contribution in [0.1, 0.15) is 35.2 Å². The molecule has 0 heterocycles. The van der Waals surface area contributed by atoms with Crippen LogP contribution in [-0.2, 0) is 0 Å². The minimum Gasteiger partial charge on any atom is -0.285 e. The number of benzene rings is 2. The van der Waals surface area contributed by atoms with Gasteiger partial charge in [0, 0.05) is 6.21 Å². The van der Waals surface area contributed by atoms with E-state index in [1.54, 1.807) is 6.07 Å². The summed E-state index contributed by atoms with van der Waals surface area (Å²) < 4.78 is 0. The van der Waals surface area contributed by atoms with E-state index in [9.17, 15) is 0 Å². The van der Waals surface area contributed by atoms with E-state index >= 15 is 0 Å². The second kappa shape index (κ2) is 6.43. The van der Waals surface area contributed by atoms with Crippen LogP contribution in [0.2, 0.25) is 10.0 Å². The Bertz CT molecular complexity index is 647. The van der Waals surface area contributed by atoms with Crippen molar-refractivity contribution in [1.82, 2.24) is 0 Å². The minimum absolute atomic E-state index is 0.0267. The Morgan fingerprint density at radius 3 is 2.60 bits per heavy atom. The fraction of sp³-hybridized carbons (Fsp3) is 0.235. The molecule has 0 bridgehead atoms. The molecule has 3 heteroatoms. The molecule has 0 spiro atoms. The molecule has 0 fully saturated rings. The molecule has 0 amide bonds. The number of rotatable bonds is 3. The summed E-state index contributed by atoms with van der Waals surface area (Å²) in [5.41, 5.74) is 4.52. The van der Waals surface area contributed by atoms with Crippen LogP contribution in [0.25, 0.3) is 0 Å². The highest BCUT2D eigenvalue weighted by Crippen LogP contribution is 2.31. The van der Waals surface area contributed by atoms with Gasteiger partial charge in [-0.3, -0.25) is 4.99 Å². The number of halogens is 2. The van der Waals surface area contributed by atoms with Crippen molar-refractivity contribution in [2.24, 2.45) is 4.99 Å². The Hall–Kier alpha value is -1.31. The standard InChI is InChI=1S/C17H17Cl2N/c1-11-7-8-12(2)14(9-11)10-20-13(3)15-5-4-6-16(18)17(15)19/h4-10,13H,1-3H3. The normalized spacial score (nSPS) is 12.8. The highest BCUT2D eigenvalue weighted by Gasteiger charge is 2.10. The fourth-order valence-corrected chi connectivity index (χ4v) is 2.48. The van der Waals surface area contributed by atoms with E-state index in [1.165, 1.54) is 11.1 Å². The molecular weight excluding hydrogens is 289 g/mol. The largest absolute Gasteiger partial charge is 0.285 e. The first-order chi connectivity index (χ1) is 9.49. The summed E-state index contributed by atoms with van der Waals surface area (Å²) in [5, 5.41) is 1.15. The molecule has 2 aromatic carbocycles. The first-order valence-corrected chi connectivity index (χ1v) is 7.29. The molecular formula is C17H17Cl2N. The Kier molecular flexibility index (Phi) is 4.85. The van der Waals surface area contributed by atoms with Gasteiger partial charge in [-0.2, -0.15) is 0 Å². The molecule has 0 aliphatic heterocycles. The van der Waals surface area contributed by atoms with Gasteiger partial charge in [0.1, 0.15) is 0 Å². The third-order valence-corrected chi connectivity index (χ3v) is 4.14. The zero-order valence-electron chi connectivity index (χ0n) is 11.8. The van der Waals surface area contributed by atoms with Gasteiger partial charge < -0.3 is 0 Å². The predicted molar refractivity (Wildman–Crippen MR) is 88.4 cm³/mol. The van der Waals surface area contributed by atoms with Crippen LogP contribution in [0.5, 0.6) is 0 Å². The van der Waals surface area contributed by atoms with E-state index in [2.05, 4.69) is 37.0 Å². The Balaban J connectivity index is 2.27. The van der Waals surface area contributed by atoms with Crippen LogP contribution >= 0.6 is 23.2 Å². The third kappa shape index (κ3) is 3.41. The van der Waals surface area contributed by atoms with E-state index in [-0.39, 0.29) is 6.04 Å².